The summed E-state index contributed by atoms with van der Waals surface area (Å²) in [5.74, 6) is 0. The van der Waals surface area contributed by atoms with Crippen LogP contribution in [0.4, 0.5) is 0 Å². The number of hydrogen-bond acceptors (Lipinski definition) is 3. The van der Waals surface area contributed by atoms with Crippen LogP contribution < -0.4 is 10.4 Å². The lowest BCUT2D eigenvalue weighted by molar-refractivity contribution is -0.0247. The Balaban J connectivity index is 1.94. The highest BCUT2D eigenvalue weighted by molar-refractivity contribution is 6.99. The van der Waals surface area contributed by atoms with Crippen molar-refractivity contribution in [3.8, 4) is 0 Å². The number of rotatable bonds is 14. The SMILES string of the molecule is CCCCC[C@H](C[C@H](CO)OCc1ccccc1)O[Si](c1ccccc1)(c1ccccc1)C(C)(C)C. The minimum Gasteiger partial charge on any atom is -0.404 e. The van der Waals surface area contributed by atoms with Crippen molar-refractivity contribution in [2.45, 2.75) is 83.7 Å². The van der Waals surface area contributed by atoms with Crippen LogP contribution in [0.1, 0.15) is 65.4 Å². The van der Waals surface area contributed by atoms with E-state index in [0.717, 1.165) is 18.4 Å². The zero-order valence-corrected chi connectivity index (χ0v) is 23.5. The van der Waals surface area contributed by atoms with E-state index in [2.05, 4.69) is 100 Å². The minimum atomic E-state index is -2.68. The van der Waals surface area contributed by atoms with Gasteiger partial charge in [0.05, 0.1) is 19.3 Å². The monoisotopic (exact) mass is 504 g/mol. The van der Waals surface area contributed by atoms with Gasteiger partial charge in [-0.1, -0.05) is 138 Å². The van der Waals surface area contributed by atoms with Crippen molar-refractivity contribution >= 4 is 18.7 Å². The highest BCUT2D eigenvalue weighted by Gasteiger charge is 2.51. The molecule has 36 heavy (non-hydrogen) atoms. The lowest BCUT2D eigenvalue weighted by atomic mass is 10.1. The molecule has 0 aromatic heterocycles. The van der Waals surface area contributed by atoms with Crippen LogP contribution in [0.25, 0.3) is 0 Å². The molecule has 0 saturated heterocycles. The Bertz CT molecular complexity index is 947. The van der Waals surface area contributed by atoms with Gasteiger partial charge in [-0.2, -0.15) is 0 Å². The molecule has 0 aliphatic heterocycles. The summed E-state index contributed by atoms with van der Waals surface area (Å²) in [7, 11) is -2.68. The lowest BCUT2D eigenvalue weighted by Crippen LogP contribution is -2.67. The fourth-order valence-corrected chi connectivity index (χ4v) is 9.79. The van der Waals surface area contributed by atoms with Gasteiger partial charge in [0.1, 0.15) is 0 Å². The van der Waals surface area contributed by atoms with Crippen molar-refractivity contribution in [2.75, 3.05) is 6.61 Å². The number of unbranched alkanes of at least 4 members (excludes halogenated alkanes) is 2. The van der Waals surface area contributed by atoms with Crippen molar-refractivity contribution in [3.05, 3.63) is 96.6 Å². The van der Waals surface area contributed by atoms with Gasteiger partial charge in [0, 0.05) is 12.5 Å². The molecule has 3 nitrogen and oxygen atoms in total. The molecule has 0 spiro atoms. The fourth-order valence-electron chi connectivity index (χ4n) is 5.06. The van der Waals surface area contributed by atoms with Gasteiger partial charge in [-0.15, -0.1) is 0 Å². The number of aliphatic hydroxyl groups is 1. The molecule has 3 rings (SSSR count). The molecule has 1 N–H and O–H groups in total. The number of benzene rings is 3. The Hall–Kier alpha value is -2.24. The summed E-state index contributed by atoms with van der Waals surface area (Å²) in [5.41, 5.74) is 1.12. The van der Waals surface area contributed by atoms with Crippen LogP contribution in [0.5, 0.6) is 0 Å². The Kier molecular flexibility index (Phi) is 10.9. The Morgan fingerprint density at radius 1 is 0.750 bits per heavy atom. The van der Waals surface area contributed by atoms with Crippen LogP contribution in [0.15, 0.2) is 91.0 Å². The van der Waals surface area contributed by atoms with Crippen LogP contribution in [-0.2, 0) is 15.8 Å². The molecule has 4 heteroatoms. The van der Waals surface area contributed by atoms with E-state index in [0.29, 0.717) is 13.0 Å². The molecule has 0 radical (unpaired) electrons. The third kappa shape index (κ3) is 7.39. The van der Waals surface area contributed by atoms with Gasteiger partial charge in [-0.05, 0) is 27.4 Å². The molecule has 0 unspecified atom stereocenters. The van der Waals surface area contributed by atoms with Crippen LogP contribution in [0, 0.1) is 0 Å². The highest BCUT2D eigenvalue weighted by atomic mass is 28.4. The molecular weight excluding hydrogens is 460 g/mol. The van der Waals surface area contributed by atoms with Gasteiger partial charge >= 0.3 is 0 Å². The molecule has 0 amide bonds. The second kappa shape index (κ2) is 13.9. The number of aliphatic hydroxyl groups excluding tert-OH is 1. The smallest absolute Gasteiger partial charge is 0.261 e. The van der Waals surface area contributed by atoms with Crippen molar-refractivity contribution in [1.82, 2.24) is 0 Å². The fraction of sp³-hybridized carbons (Fsp3) is 0.438. The minimum absolute atomic E-state index is 0.00391. The topological polar surface area (TPSA) is 38.7 Å². The molecule has 0 bridgehead atoms. The summed E-state index contributed by atoms with van der Waals surface area (Å²) in [6.45, 7) is 9.67. The normalized spacial score (nSPS) is 13.9. The summed E-state index contributed by atoms with van der Waals surface area (Å²) in [4.78, 5) is 0. The summed E-state index contributed by atoms with van der Waals surface area (Å²) < 4.78 is 13.7. The van der Waals surface area contributed by atoms with Gasteiger partial charge < -0.3 is 14.3 Å². The van der Waals surface area contributed by atoms with Crippen molar-refractivity contribution in [2.24, 2.45) is 0 Å². The van der Waals surface area contributed by atoms with E-state index in [1.165, 1.54) is 23.2 Å². The largest absolute Gasteiger partial charge is 0.404 e. The average molecular weight is 505 g/mol. The summed E-state index contributed by atoms with van der Waals surface area (Å²) in [6, 6.07) is 31.8. The first kappa shape index (κ1) is 28.3. The van der Waals surface area contributed by atoms with Crippen LogP contribution >= 0.6 is 0 Å². The van der Waals surface area contributed by atoms with Gasteiger partial charge in [0.2, 0.25) is 0 Å². The van der Waals surface area contributed by atoms with Crippen LogP contribution in [-0.4, -0.2) is 32.2 Å². The van der Waals surface area contributed by atoms with E-state index >= 15 is 0 Å². The standard InChI is InChI=1S/C32H44O3Si/c1-5-6-10-19-28(24-29(25-33)34-26-27-17-11-7-12-18-27)35-36(32(2,3)4,30-20-13-8-14-21-30)31-22-15-9-16-23-31/h7-9,11-18,20-23,28-29,33H,5-6,10,19,24-26H2,1-4H3/t28-,29-/m1/s1. The Morgan fingerprint density at radius 3 is 1.75 bits per heavy atom. The number of hydrogen-bond donors (Lipinski definition) is 1. The first-order valence-corrected chi connectivity index (χ1v) is 15.4. The summed E-state index contributed by atoms with van der Waals surface area (Å²) in [6.07, 6.45) is 4.82. The van der Waals surface area contributed by atoms with E-state index in [-0.39, 0.29) is 23.9 Å². The molecule has 0 fully saturated rings. The molecular formula is C32H44O3Si. The maximum absolute atomic E-state index is 10.2. The zero-order chi connectivity index (χ0) is 25.9. The number of ether oxygens (including phenoxy) is 1. The maximum atomic E-state index is 10.2. The molecule has 0 aliphatic rings. The third-order valence-electron chi connectivity index (χ3n) is 6.95. The summed E-state index contributed by atoms with van der Waals surface area (Å²) >= 11 is 0. The second-order valence-corrected chi connectivity index (χ2v) is 15.0. The molecule has 0 heterocycles. The van der Waals surface area contributed by atoms with Crippen molar-refractivity contribution in [3.63, 3.8) is 0 Å². The first-order chi connectivity index (χ1) is 17.4. The molecule has 3 aromatic rings. The van der Waals surface area contributed by atoms with E-state index in [1.54, 1.807) is 0 Å². The van der Waals surface area contributed by atoms with Crippen molar-refractivity contribution < 1.29 is 14.3 Å². The van der Waals surface area contributed by atoms with E-state index < -0.39 is 8.32 Å². The van der Waals surface area contributed by atoms with E-state index in [9.17, 15) is 5.11 Å². The van der Waals surface area contributed by atoms with Gasteiger partial charge in [-0.25, -0.2) is 0 Å². The van der Waals surface area contributed by atoms with Crippen molar-refractivity contribution in [1.29, 1.82) is 0 Å². The van der Waals surface area contributed by atoms with E-state index in [1.807, 2.05) is 18.2 Å². The van der Waals surface area contributed by atoms with Gasteiger partial charge in [-0.3, -0.25) is 0 Å². The van der Waals surface area contributed by atoms with E-state index in [4.69, 9.17) is 9.16 Å². The zero-order valence-electron chi connectivity index (χ0n) is 22.5. The molecule has 0 saturated carbocycles. The Labute approximate surface area is 219 Å². The van der Waals surface area contributed by atoms with Crippen LogP contribution in [0.2, 0.25) is 5.04 Å². The highest BCUT2D eigenvalue weighted by Crippen LogP contribution is 2.38. The lowest BCUT2D eigenvalue weighted by Gasteiger charge is -2.45. The Morgan fingerprint density at radius 2 is 1.28 bits per heavy atom. The van der Waals surface area contributed by atoms with Crippen LogP contribution in [0.3, 0.4) is 0 Å². The molecule has 194 valence electrons. The van der Waals surface area contributed by atoms with Gasteiger partial charge in [0.25, 0.3) is 8.32 Å². The summed E-state index contributed by atoms with van der Waals surface area (Å²) in [5, 5.41) is 12.7. The predicted octanol–water partition coefficient (Wildman–Crippen LogP) is 6.48. The van der Waals surface area contributed by atoms with Gasteiger partial charge in [0.15, 0.2) is 0 Å². The first-order valence-electron chi connectivity index (χ1n) is 13.5. The quantitative estimate of drug-likeness (QED) is 0.202. The predicted molar refractivity (Wildman–Crippen MR) is 153 cm³/mol. The molecule has 2 atom stereocenters. The maximum Gasteiger partial charge on any atom is 0.261 e. The average Bonchev–Trinajstić information content (AvgIpc) is 2.90. The third-order valence-corrected chi connectivity index (χ3v) is 12.0. The second-order valence-electron chi connectivity index (χ2n) is 10.7. The molecule has 0 aliphatic carbocycles. The molecule has 3 aromatic carbocycles.